The number of pyridine rings is 1. The van der Waals surface area contributed by atoms with Crippen LogP contribution in [0.4, 0.5) is 19.0 Å². The molecule has 0 atom stereocenters. The Bertz CT molecular complexity index is 590. The monoisotopic (exact) mass is 388 g/mol. The zero-order valence-electron chi connectivity index (χ0n) is 15.5. The quantitative estimate of drug-likeness (QED) is 0.355. The average Bonchev–Trinajstić information content (AvgIpc) is 2.65. The van der Waals surface area contributed by atoms with Gasteiger partial charge in [-0.1, -0.05) is 0 Å². The van der Waals surface area contributed by atoms with Crippen LogP contribution in [0.1, 0.15) is 12.5 Å². The van der Waals surface area contributed by atoms with Gasteiger partial charge in [0.25, 0.3) is 0 Å². The number of ether oxygens (including phenoxy) is 1. The van der Waals surface area contributed by atoms with Crippen LogP contribution in [0, 0.1) is 0 Å². The molecule has 1 aliphatic heterocycles. The first-order chi connectivity index (χ1) is 13.0. The molecule has 2 rings (SSSR count). The Morgan fingerprint density at radius 1 is 1.26 bits per heavy atom. The highest BCUT2D eigenvalue weighted by atomic mass is 19.4. The van der Waals surface area contributed by atoms with Gasteiger partial charge in [0, 0.05) is 45.5 Å². The van der Waals surface area contributed by atoms with Gasteiger partial charge in [0.15, 0.2) is 5.96 Å². The second-order valence-corrected chi connectivity index (χ2v) is 5.97. The van der Waals surface area contributed by atoms with E-state index in [0.717, 1.165) is 38.9 Å². The lowest BCUT2D eigenvalue weighted by molar-refractivity contribution is -0.137. The van der Waals surface area contributed by atoms with Crippen LogP contribution in [-0.2, 0) is 10.9 Å². The molecule has 0 radical (unpaired) electrons. The van der Waals surface area contributed by atoms with Crippen LogP contribution in [-0.4, -0.2) is 74.9 Å². The maximum absolute atomic E-state index is 12.9. The SMILES string of the molecule is CCNC(=NCCN1CCOCC1)NCCNc1ncccc1C(F)(F)F. The summed E-state index contributed by atoms with van der Waals surface area (Å²) < 4.78 is 44.1. The number of guanidine groups is 1. The zero-order valence-corrected chi connectivity index (χ0v) is 15.5. The van der Waals surface area contributed by atoms with Crippen molar-refractivity contribution in [3.05, 3.63) is 23.9 Å². The summed E-state index contributed by atoms with van der Waals surface area (Å²) >= 11 is 0. The topological polar surface area (TPSA) is 73.8 Å². The van der Waals surface area contributed by atoms with Crippen LogP contribution in [0.5, 0.6) is 0 Å². The fourth-order valence-corrected chi connectivity index (χ4v) is 2.61. The maximum Gasteiger partial charge on any atom is 0.419 e. The lowest BCUT2D eigenvalue weighted by Crippen LogP contribution is -2.41. The third kappa shape index (κ3) is 7.59. The molecule has 0 spiro atoms. The lowest BCUT2D eigenvalue weighted by Gasteiger charge is -2.25. The minimum absolute atomic E-state index is 0.166. The standard InChI is InChI=1S/C17H27F3N6O/c1-2-21-16(25-8-9-26-10-12-27-13-11-26)24-7-6-23-15-14(17(18,19)20)4-3-5-22-15/h3-5H,2,6-13H2,1H3,(H,22,23)(H2,21,24,25). The minimum Gasteiger partial charge on any atom is -0.379 e. The van der Waals surface area contributed by atoms with Gasteiger partial charge in [0.1, 0.15) is 5.82 Å². The highest BCUT2D eigenvalue weighted by Gasteiger charge is 2.33. The molecular formula is C17H27F3N6O. The van der Waals surface area contributed by atoms with Crippen LogP contribution in [0.25, 0.3) is 0 Å². The molecule has 1 aromatic heterocycles. The first-order valence-corrected chi connectivity index (χ1v) is 9.09. The molecule has 0 aromatic carbocycles. The molecule has 1 aliphatic rings. The Kier molecular flexibility index (Phi) is 8.59. The van der Waals surface area contributed by atoms with E-state index in [4.69, 9.17) is 4.74 Å². The van der Waals surface area contributed by atoms with Gasteiger partial charge in [0.2, 0.25) is 0 Å². The van der Waals surface area contributed by atoms with Crippen molar-refractivity contribution in [1.29, 1.82) is 0 Å². The van der Waals surface area contributed by atoms with Crippen molar-refractivity contribution >= 4 is 11.8 Å². The van der Waals surface area contributed by atoms with Crippen LogP contribution in [0.15, 0.2) is 23.3 Å². The van der Waals surface area contributed by atoms with Gasteiger partial charge in [-0.15, -0.1) is 0 Å². The number of hydrogen-bond acceptors (Lipinski definition) is 5. The molecule has 0 amide bonds. The third-order valence-electron chi connectivity index (χ3n) is 3.96. The molecular weight excluding hydrogens is 361 g/mol. The highest BCUT2D eigenvalue weighted by Crippen LogP contribution is 2.33. The van der Waals surface area contributed by atoms with E-state index in [1.807, 2.05) is 6.92 Å². The highest BCUT2D eigenvalue weighted by molar-refractivity contribution is 5.79. The molecule has 0 aliphatic carbocycles. The first-order valence-electron chi connectivity index (χ1n) is 9.09. The average molecular weight is 388 g/mol. The van der Waals surface area contributed by atoms with Crippen molar-refractivity contribution in [2.24, 2.45) is 4.99 Å². The van der Waals surface area contributed by atoms with Crippen LogP contribution in [0.2, 0.25) is 0 Å². The van der Waals surface area contributed by atoms with Gasteiger partial charge < -0.3 is 20.7 Å². The number of nitrogens with one attached hydrogen (secondary N) is 3. The van der Waals surface area contributed by atoms with E-state index in [2.05, 4.69) is 30.8 Å². The summed E-state index contributed by atoms with van der Waals surface area (Å²) in [6, 6.07) is 2.29. The van der Waals surface area contributed by atoms with E-state index in [-0.39, 0.29) is 12.4 Å². The summed E-state index contributed by atoms with van der Waals surface area (Å²) in [6.45, 7) is 8.18. The van der Waals surface area contributed by atoms with Gasteiger partial charge in [-0.25, -0.2) is 4.98 Å². The molecule has 2 heterocycles. The molecule has 10 heteroatoms. The molecule has 0 unspecified atom stereocenters. The second kappa shape index (κ2) is 10.9. The predicted octanol–water partition coefficient (Wildman–Crippen LogP) is 1.40. The molecule has 1 fully saturated rings. The van der Waals surface area contributed by atoms with E-state index in [0.29, 0.717) is 25.6 Å². The summed E-state index contributed by atoms with van der Waals surface area (Å²) in [5, 5.41) is 8.96. The van der Waals surface area contributed by atoms with E-state index >= 15 is 0 Å². The fraction of sp³-hybridized carbons (Fsp3) is 0.647. The third-order valence-corrected chi connectivity index (χ3v) is 3.96. The lowest BCUT2D eigenvalue weighted by atomic mass is 10.2. The number of nitrogens with zero attached hydrogens (tertiary/aromatic N) is 3. The summed E-state index contributed by atoms with van der Waals surface area (Å²) in [6.07, 6.45) is -3.10. The van der Waals surface area contributed by atoms with Crippen LogP contribution >= 0.6 is 0 Å². The van der Waals surface area contributed by atoms with Crippen molar-refractivity contribution in [3.63, 3.8) is 0 Å². The zero-order chi connectivity index (χ0) is 19.5. The number of alkyl halides is 3. The number of aromatic nitrogens is 1. The Hall–Kier alpha value is -2.07. The Morgan fingerprint density at radius 3 is 2.74 bits per heavy atom. The molecule has 152 valence electrons. The molecule has 0 bridgehead atoms. The van der Waals surface area contributed by atoms with E-state index in [1.54, 1.807) is 0 Å². The smallest absolute Gasteiger partial charge is 0.379 e. The Labute approximate surface area is 157 Å². The number of rotatable bonds is 8. The van der Waals surface area contributed by atoms with Gasteiger partial charge in [-0.2, -0.15) is 13.2 Å². The molecule has 1 saturated heterocycles. The Morgan fingerprint density at radius 2 is 2.04 bits per heavy atom. The van der Waals surface area contributed by atoms with Crippen molar-refractivity contribution < 1.29 is 17.9 Å². The van der Waals surface area contributed by atoms with E-state index in [1.165, 1.54) is 12.3 Å². The van der Waals surface area contributed by atoms with Gasteiger partial charge in [-0.3, -0.25) is 9.89 Å². The van der Waals surface area contributed by atoms with Gasteiger partial charge in [-0.05, 0) is 19.1 Å². The molecule has 0 saturated carbocycles. The number of anilines is 1. The molecule has 1 aromatic rings. The van der Waals surface area contributed by atoms with Gasteiger partial charge >= 0.3 is 6.18 Å². The minimum atomic E-state index is -4.43. The Balaban J connectivity index is 1.76. The number of hydrogen-bond donors (Lipinski definition) is 3. The van der Waals surface area contributed by atoms with Crippen molar-refractivity contribution in [3.8, 4) is 0 Å². The van der Waals surface area contributed by atoms with Crippen molar-refractivity contribution in [1.82, 2.24) is 20.5 Å². The van der Waals surface area contributed by atoms with Gasteiger partial charge in [0.05, 0.1) is 25.3 Å². The number of morpholine rings is 1. The first kappa shape index (κ1) is 21.2. The van der Waals surface area contributed by atoms with E-state index < -0.39 is 11.7 Å². The fourth-order valence-electron chi connectivity index (χ4n) is 2.61. The van der Waals surface area contributed by atoms with Crippen LogP contribution < -0.4 is 16.0 Å². The normalized spacial score (nSPS) is 16.2. The van der Waals surface area contributed by atoms with E-state index in [9.17, 15) is 13.2 Å². The predicted molar refractivity (Wildman–Crippen MR) is 99.0 cm³/mol. The number of halogens is 3. The largest absolute Gasteiger partial charge is 0.419 e. The van der Waals surface area contributed by atoms with Crippen molar-refractivity contribution in [2.45, 2.75) is 13.1 Å². The maximum atomic E-state index is 12.9. The summed E-state index contributed by atoms with van der Waals surface area (Å²) in [7, 11) is 0. The summed E-state index contributed by atoms with van der Waals surface area (Å²) in [5.74, 6) is 0.477. The molecule has 3 N–H and O–H groups in total. The van der Waals surface area contributed by atoms with Crippen molar-refractivity contribution in [2.75, 3.05) is 64.3 Å². The molecule has 27 heavy (non-hydrogen) atoms. The summed E-state index contributed by atoms with van der Waals surface area (Å²) in [5.41, 5.74) is -0.768. The number of aliphatic imine (C=N–C) groups is 1. The second-order valence-electron chi connectivity index (χ2n) is 5.97. The summed E-state index contributed by atoms with van der Waals surface area (Å²) in [4.78, 5) is 10.6. The molecule has 7 nitrogen and oxygen atoms in total. The van der Waals surface area contributed by atoms with Crippen LogP contribution in [0.3, 0.4) is 0 Å².